The van der Waals surface area contributed by atoms with Crippen LogP contribution in [0.3, 0.4) is 0 Å². The zero-order valence-corrected chi connectivity index (χ0v) is 16.6. The summed E-state index contributed by atoms with van der Waals surface area (Å²) in [7, 11) is -3.21. The van der Waals surface area contributed by atoms with Gasteiger partial charge in [0.1, 0.15) is 0 Å². The second-order valence-corrected chi connectivity index (χ2v) is 9.01. The van der Waals surface area contributed by atoms with E-state index in [9.17, 15) is 4.57 Å². The van der Waals surface area contributed by atoms with Crippen molar-refractivity contribution in [3.8, 4) is 0 Å². The molecule has 0 N–H and O–H groups in total. The zero-order valence-electron chi connectivity index (χ0n) is 15.7. The minimum atomic E-state index is -3.21. The second kappa shape index (κ2) is 7.86. The number of hydrogen-bond acceptors (Lipinski definition) is 4. The monoisotopic (exact) mass is 351 g/mol. The van der Waals surface area contributed by atoms with Crippen molar-refractivity contribution in [2.75, 3.05) is 17.6 Å². The van der Waals surface area contributed by atoms with Gasteiger partial charge in [-0.25, -0.2) is 0 Å². The summed E-state index contributed by atoms with van der Waals surface area (Å²) in [6, 6.07) is 8.41. The fourth-order valence-corrected chi connectivity index (χ4v) is 5.39. The molecule has 0 spiro atoms. The minimum absolute atomic E-state index is 0.140. The van der Waals surface area contributed by atoms with Crippen molar-refractivity contribution < 1.29 is 13.6 Å². The molecule has 0 bridgehead atoms. The molecule has 1 aromatic rings. The van der Waals surface area contributed by atoms with Crippen LogP contribution in [0.1, 0.15) is 47.1 Å². The summed E-state index contributed by atoms with van der Waals surface area (Å²) in [4.78, 5) is 2.27. The number of benzene rings is 1. The summed E-state index contributed by atoms with van der Waals surface area (Å²) in [6.45, 7) is 12.6. The molecule has 134 valence electrons. The van der Waals surface area contributed by atoms with E-state index in [0.717, 1.165) is 24.2 Å². The molecule has 1 heterocycles. The smallest absolute Gasteiger partial charge is 0.337 e. The SMILES string of the molecule is CC(C)=C(CP(=O)(OC(C)C)OC(C)C)N1CCc2ccccc21. The molecule has 1 aliphatic rings. The maximum Gasteiger partial charge on any atom is 0.337 e. The molecule has 0 aromatic heterocycles. The van der Waals surface area contributed by atoms with Crippen LogP contribution in [0.15, 0.2) is 35.5 Å². The van der Waals surface area contributed by atoms with Crippen LogP contribution < -0.4 is 4.90 Å². The van der Waals surface area contributed by atoms with Crippen LogP contribution in [0.25, 0.3) is 0 Å². The largest absolute Gasteiger partial charge is 0.344 e. The van der Waals surface area contributed by atoms with Crippen LogP contribution in [0.4, 0.5) is 5.69 Å². The van der Waals surface area contributed by atoms with Gasteiger partial charge < -0.3 is 13.9 Å². The third-order valence-corrected chi connectivity index (χ3v) is 6.05. The Balaban J connectivity index is 2.32. The van der Waals surface area contributed by atoms with E-state index in [4.69, 9.17) is 9.05 Å². The van der Waals surface area contributed by atoms with Crippen LogP contribution in [0.2, 0.25) is 0 Å². The van der Waals surface area contributed by atoms with E-state index < -0.39 is 7.60 Å². The Hall–Kier alpha value is -1.09. The molecule has 4 nitrogen and oxygen atoms in total. The standard InChI is InChI=1S/C19H30NO3P/c1-14(2)19(13-24(21,22-15(3)4)23-16(5)6)20-12-11-17-9-7-8-10-18(17)20/h7-10,15-16H,11-13H2,1-6H3. The highest BCUT2D eigenvalue weighted by atomic mass is 31.2. The molecule has 0 aliphatic carbocycles. The quantitative estimate of drug-likeness (QED) is 0.618. The van der Waals surface area contributed by atoms with Crippen molar-refractivity contribution in [1.82, 2.24) is 0 Å². The predicted molar refractivity (Wildman–Crippen MR) is 101 cm³/mol. The Morgan fingerprint density at radius 3 is 2.25 bits per heavy atom. The van der Waals surface area contributed by atoms with Gasteiger partial charge in [-0.2, -0.15) is 0 Å². The molecular formula is C19H30NO3P. The third-order valence-electron chi connectivity index (χ3n) is 3.88. The van der Waals surface area contributed by atoms with Crippen molar-refractivity contribution >= 4 is 13.3 Å². The maximum atomic E-state index is 13.3. The number of anilines is 1. The van der Waals surface area contributed by atoms with Gasteiger partial charge in [0.25, 0.3) is 0 Å². The van der Waals surface area contributed by atoms with Gasteiger partial charge in [-0.1, -0.05) is 23.8 Å². The Bertz CT molecular complexity index is 634. The first-order valence-electron chi connectivity index (χ1n) is 8.69. The van der Waals surface area contributed by atoms with Crippen LogP contribution in [-0.2, 0) is 20.0 Å². The number of hydrogen-bond donors (Lipinski definition) is 0. The Morgan fingerprint density at radius 1 is 1.12 bits per heavy atom. The topological polar surface area (TPSA) is 38.8 Å². The van der Waals surface area contributed by atoms with Crippen molar-refractivity contribution in [3.63, 3.8) is 0 Å². The van der Waals surface area contributed by atoms with Crippen molar-refractivity contribution in [3.05, 3.63) is 41.1 Å². The lowest BCUT2D eigenvalue weighted by Crippen LogP contribution is -2.25. The summed E-state index contributed by atoms with van der Waals surface area (Å²) in [5.41, 5.74) is 4.73. The number of para-hydroxylation sites is 1. The molecule has 1 aliphatic heterocycles. The zero-order chi connectivity index (χ0) is 17.9. The van der Waals surface area contributed by atoms with Gasteiger partial charge in [-0.15, -0.1) is 0 Å². The van der Waals surface area contributed by atoms with E-state index in [0.29, 0.717) is 6.16 Å². The highest BCUT2D eigenvalue weighted by Gasteiger charge is 2.33. The number of allylic oxidation sites excluding steroid dienone is 2. The number of nitrogens with zero attached hydrogens (tertiary/aromatic N) is 1. The molecular weight excluding hydrogens is 321 g/mol. The average molecular weight is 351 g/mol. The van der Waals surface area contributed by atoms with Gasteiger partial charge in [-0.3, -0.25) is 4.57 Å². The summed E-state index contributed by atoms with van der Waals surface area (Å²) >= 11 is 0. The van der Waals surface area contributed by atoms with Crippen molar-refractivity contribution in [1.29, 1.82) is 0 Å². The summed E-state index contributed by atoms with van der Waals surface area (Å²) in [5, 5.41) is 0. The van der Waals surface area contributed by atoms with E-state index in [1.165, 1.54) is 11.3 Å². The van der Waals surface area contributed by atoms with Crippen LogP contribution >= 0.6 is 7.60 Å². The van der Waals surface area contributed by atoms with Gasteiger partial charge >= 0.3 is 7.60 Å². The lowest BCUT2D eigenvalue weighted by Gasteiger charge is -2.29. The van der Waals surface area contributed by atoms with Gasteiger partial charge in [-0.05, 0) is 59.6 Å². The average Bonchev–Trinajstić information content (AvgIpc) is 2.86. The highest BCUT2D eigenvalue weighted by Crippen LogP contribution is 2.53. The molecule has 0 amide bonds. The summed E-state index contributed by atoms with van der Waals surface area (Å²) in [5.74, 6) is 0. The summed E-state index contributed by atoms with van der Waals surface area (Å²) in [6.07, 6.45) is 1.03. The normalized spacial score (nSPS) is 14.4. The van der Waals surface area contributed by atoms with Crippen LogP contribution in [0.5, 0.6) is 0 Å². The minimum Gasteiger partial charge on any atom is -0.344 e. The lowest BCUT2D eigenvalue weighted by atomic mass is 10.2. The third kappa shape index (κ3) is 4.72. The molecule has 2 rings (SSSR count). The Morgan fingerprint density at radius 2 is 1.71 bits per heavy atom. The van der Waals surface area contributed by atoms with E-state index in [1.807, 2.05) is 27.7 Å². The molecule has 0 radical (unpaired) electrons. The number of rotatable bonds is 7. The highest BCUT2D eigenvalue weighted by molar-refractivity contribution is 7.54. The number of fused-ring (bicyclic) bond motifs is 1. The van der Waals surface area contributed by atoms with Crippen molar-refractivity contribution in [2.45, 2.75) is 60.2 Å². The molecule has 0 saturated heterocycles. The van der Waals surface area contributed by atoms with Crippen molar-refractivity contribution in [2.24, 2.45) is 0 Å². The van der Waals surface area contributed by atoms with Gasteiger partial charge in [0.2, 0.25) is 0 Å². The van der Waals surface area contributed by atoms with Crippen LogP contribution in [-0.4, -0.2) is 24.9 Å². The first-order chi connectivity index (χ1) is 11.2. The maximum absolute atomic E-state index is 13.3. The fraction of sp³-hybridized carbons (Fsp3) is 0.579. The molecule has 0 saturated carbocycles. The molecule has 0 atom stereocenters. The van der Waals surface area contributed by atoms with Gasteiger partial charge in [0, 0.05) is 17.9 Å². The van der Waals surface area contributed by atoms with E-state index >= 15 is 0 Å². The molecule has 5 heteroatoms. The fourth-order valence-electron chi connectivity index (χ4n) is 3.06. The Labute approximate surface area is 146 Å². The van der Waals surface area contributed by atoms with E-state index in [2.05, 4.69) is 43.0 Å². The first kappa shape index (κ1) is 19.2. The molecule has 0 unspecified atom stereocenters. The molecule has 24 heavy (non-hydrogen) atoms. The summed E-state index contributed by atoms with van der Waals surface area (Å²) < 4.78 is 24.8. The predicted octanol–water partition coefficient (Wildman–Crippen LogP) is 5.39. The van der Waals surface area contributed by atoms with Gasteiger partial charge in [0.15, 0.2) is 0 Å². The lowest BCUT2D eigenvalue weighted by molar-refractivity contribution is 0.144. The van der Waals surface area contributed by atoms with E-state index in [1.54, 1.807) is 0 Å². The molecule has 1 aromatic carbocycles. The van der Waals surface area contributed by atoms with E-state index in [-0.39, 0.29) is 12.2 Å². The van der Waals surface area contributed by atoms with Gasteiger partial charge in [0.05, 0.1) is 18.4 Å². The van der Waals surface area contributed by atoms with Crippen LogP contribution in [0, 0.1) is 0 Å². The first-order valence-corrected chi connectivity index (χ1v) is 10.4. The molecule has 0 fully saturated rings. The second-order valence-electron chi connectivity index (χ2n) is 7.05. The Kier molecular flexibility index (Phi) is 6.30.